The lowest BCUT2D eigenvalue weighted by Gasteiger charge is -2.36. The van der Waals surface area contributed by atoms with Gasteiger partial charge in [-0.3, -0.25) is 9.59 Å². The summed E-state index contributed by atoms with van der Waals surface area (Å²) in [6.45, 7) is 9.01. The van der Waals surface area contributed by atoms with Crippen LogP contribution in [-0.2, 0) is 20.7 Å². The standard InChI is InChI=1S/C25H30N4O3S/c1-4-32-22(31)11-10-21(30)28-12-14-29(15-13-28)24-23-17(2)18(3)33-25(23)27-20(26-24)16-19-8-6-5-7-9-19/h5-9H,4,10-16H2,1-3H3. The van der Waals surface area contributed by atoms with Crippen molar-refractivity contribution < 1.29 is 14.3 Å². The molecule has 7 nitrogen and oxygen atoms in total. The molecule has 1 saturated heterocycles. The molecule has 2 aromatic heterocycles. The molecule has 0 N–H and O–H groups in total. The van der Waals surface area contributed by atoms with Crippen LogP contribution in [0, 0.1) is 13.8 Å². The smallest absolute Gasteiger partial charge is 0.306 e. The SMILES string of the molecule is CCOC(=O)CCC(=O)N1CCN(c2nc(Cc3ccccc3)nc3sc(C)c(C)c23)CC1. The average molecular weight is 467 g/mol. The number of rotatable bonds is 7. The molecule has 4 rings (SSSR count). The highest BCUT2D eigenvalue weighted by Gasteiger charge is 2.25. The highest BCUT2D eigenvalue weighted by Crippen LogP contribution is 2.35. The number of carbonyl (C=O) groups is 2. The summed E-state index contributed by atoms with van der Waals surface area (Å²) < 4.78 is 4.93. The first-order valence-electron chi connectivity index (χ1n) is 11.4. The van der Waals surface area contributed by atoms with Crippen LogP contribution in [0.5, 0.6) is 0 Å². The highest BCUT2D eigenvalue weighted by molar-refractivity contribution is 7.18. The Labute approximate surface area is 198 Å². The van der Waals surface area contributed by atoms with Crippen molar-refractivity contribution in [3.05, 3.63) is 52.2 Å². The third kappa shape index (κ3) is 5.33. The predicted molar refractivity (Wildman–Crippen MR) is 131 cm³/mol. The quantitative estimate of drug-likeness (QED) is 0.492. The van der Waals surface area contributed by atoms with Crippen LogP contribution in [0.2, 0.25) is 0 Å². The number of amides is 1. The van der Waals surface area contributed by atoms with Crippen molar-refractivity contribution in [3.8, 4) is 0 Å². The van der Waals surface area contributed by atoms with E-state index >= 15 is 0 Å². The van der Waals surface area contributed by atoms with Gasteiger partial charge < -0.3 is 14.5 Å². The van der Waals surface area contributed by atoms with Crippen molar-refractivity contribution in [3.63, 3.8) is 0 Å². The largest absolute Gasteiger partial charge is 0.466 e. The van der Waals surface area contributed by atoms with Crippen LogP contribution in [0.15, 0.2) is 30.3 Å². The second kappa shape index (κ2) is 10.3. The molecular weight excluding hydrogens is 436 g/mol. The van der Waals surface area contributed by atoms with E-state index in [0.29, 0.717) is 39.2 Å². The molecule has 1 fully saturated rings. The van der Waals surface area contributed by atoms with Crippen LogP contribution < -0.4 is 4.90 Å². The van der Waals surface area contributed by atoms with Crippen LogP contribution >= 0.6 is 11.3 Å². The van der Waals surface area contributed by atoms with E-state index in [1.807, 2.05) is 23.1 Å². The summed E-state index contributed by atoms with van der Waals surface area (Å²) in [5.41, 5.74) is 2.41. The summed E-state index contributed by atoms with van der Waals surface area (Å²) in [5, 5.41) is 1.12. The Hall–Kier alpha value is -3.00. The molecule has 33 heavy (non-hydrogen) atoms. The molecule has 0 spiro atoms. The Balaban J connectivity index is 1.51. The summed E-state index contributed by atoms with van der Waals surface area (Å²) in [5.74, 6) is 1.47. The van der Waals surface area contributed by atoms with Gasteiger partial charge >= 0.3 is 5.97 Å². The van der Waals surface area contributed by atoms with Gasteiger partial charge in [-0.05, 0) is 31.9 Å². The van der Waals surface area contributed by atoms with Crippen molar-refractivity contribution in [2.45, 2.75) is 40.0 Å². The van der Waals surface area contributed by atoms with E-state index in [2.05, 4.69) is 30.9 Å². The molecule has 0 radical (unpaired) electrons. The average Bonchev–Trinajstić information content (AvgIpc) is 3.11. The molecule has 1 amide bonds. The molecule has 0 atom stereocenters. The summed E-state index contributed by atoms with van der Waals surface area (Å²) in [6.07, 6.45) is 1.02. The lowest BCUT2D eigenvalue weighted by Crippen LogP contribution is -2.49. The molecule has 3 aromatic rings. The molecule has 8 heteroatoms. The minimum absolute atomic E-state index is 0.00265. The van der Waals surface area contributed by atoms with Gasteiger partial charge in [-0.25, -0.2) is 9.97 Å². The Morgan fingerprint density at radius 2 is 1.76 bits per heavy atom. The van der Waals surface area contributed by atoms with Crippen LogP contribution in [0.25, 0.3) is 10.2 Å². The number of aryl methyl sites for hydroxylation is 2. The molecular formula is C25H30N4O3S. The Morgan fingerprint density at radius 1 is 1.03 bits per heavy atom. The first kappa shape index (κ1) is 23.2. The lowest BCUT2D eigenvalue weighted by atomic mass is 10.1. The monoisotopic (exact) mass is 466 g/mol. The van der Waals surface area contributed by atoms with E-state index < -0.39 is 0 Å². The van der Waals surface area contributed by atoms with Crippen molar-refractivity contribution in [2.75, 3.05) is 37.7 Å². The van der Waals surface area contributed by atoms with E-state index in [1.165, 1.54) is 16.0 Å². The van der Waals surface area contributed by atoms with E-state index in [-0.39, 0.29) is 24.7 Å². The summed E-state index contributed by atoms with van der Waals surface area (Å²) >= 11 is 1.71. The molecule has 1 aliphatic rings. The molecule has 0 unspecified atom stereocenters. The summed E-state index contributed by atoms with van der Waals surface area (Å²) in [6, 6.07) is 10.3. The second-order valence-corrected chi connectivity index (χ2v) is 9.47. The Bertz CT molecular complexity index is 1140. The highest BCUT2D eigenvalue weighted by atomic mass is 32.1. The number of carbonyl (C=O) groups excluding carboxylic acids is 2. The number of hydrogen-bond donors (Lipinski definition) is 0. The molecule has 1 aliphatic heterocycles. The van der Waals surface area contributed by atoms with Gasteiger partial charge in [-0.15, -0.1) is 11.3 Å². The second-order valence-electron chi connectivity index (χ2n) is 8.26. The number of thiophene rings is 1. The fourth-order valence-electron chi connectivity index (χ4n) is 4.13. The zero-order chi connectivity index (χ0) is 23.4. The van der Waals surface area contributed by atoms with Crippen molar-refractivity contribution in [1.29, 1.82) is 0 Å². The first-order valence-corrected chi connectivity index (χ1v) is 12.3. The normalized spacial score (nSPS) is 14.0. The third-order valence-electron chi connectivity index (χ3n) is 6.04. The minimum atomic E-state index is -0.317. The van der Waals surface area contributed by atoms with Crippen molar-refractivity contribution in [2.24, 2.45) is 0 Å². The zero-order valence-electron chi connectivity index (χ0n) is 19.5. The molecule has 0 bridgehead atoms. The number of piperazine rings is 1. The summed E-state index contributed by atoms with van der Waals surface area (Å²) in [4.78, 5) is 40.4. The van der Waals surface area contributed by atoms with Crippen LogP contribution in [0.3, 0.4) is 0 Å². The van der Waals surface area contributed by atoms with Gasteiger partial charge in [-0.1, -0.05) is 30.3 Å². The zero-order valence-corrected chi connectivity index (χ0v) is 20.3. The fourth-order valence-corrected chi connectivity index (χ4v) is 5.17. The number of fused-ring (bicyclic) bond motifs is 1. The number of anilines is 1. The number of aromatic nitrogens is 2. The van der Waals surface area contributed by atoms with Crippen LogP contribution in [0.4, 0.5) is 5.82 Å². The number of ether oxygens (including phenoxy) is 1. The maximum absolute atomic E-state index is 12.6. The van der Waals surface area contributed by atoms with Crippen LogP contribution in [0.1, 0.15) is 41.6 Å². The number of benzene rings is 1. The molecule has 174 valence electrons. The third-order valence-corrected chi connectivity index (χ3v) is 7.14. The van der Waals surface area contributed by atoms with Gasteiger partial charge in [0, 0.05) is 43.9 Å². The van der Waals surface area contributed by atoms with E-state index in [4.69, 9.17) is 14.7 Å². The van der Waals surface area contributed by atoms with Gasteiger partial charge in [0.15, 0.2) is 0 Å². The summed E-state index contributed by atoms with van der Waals surface area (Å²) in [7, 11) is 0. The lowest BCUT2D eigenvalue weighted by molar-refractivity contribution is -0.145. The number of esters is 1. The minimum Gasteiger partial charge on any atom is -0.466 e. The maximum Gasteiger partial charge on any atom is 0.306 e. The van der Waals surface area contributed by atoms with Gasteiger partial charge in [0.25, 0.3) is 0 Å². The number of nitrogens with zero attached hydrogens (tertiary/aromatic N) is 4. The van der Waals surface area contributed by atoms with Crippen molar-refractivity contribution in [1.82, 2.24) is 14.9 Å². The molecule has 0 saturated carbocycles. The molecule has 1 aromatic carbocycles. The van der Waals surface area contributed by atoms with E-state index in [9.17, 15) is 9.59 Å². The van der Waals surface area contributed by atoms with Crippen LogP contribution in [-0.4, -0.2) is 59.5 Å². The number of hydrogen-bond acceptors (Lipinski definition) is 7. The van der Waals surface area contributed by atoms with Gasteiger partial charge in [0.2, 0.25) is 5.91 Å². The van der Waals surface area contributed by atoms with Gasteiger partial charge in [0.05, 0.1) is 18.4 Å². The van der Waals surface area contributed by atoms with Crippen molar-refractivity contribution >= 4 is 39.2 Å². The Kier molecular flexibility index (Phi) is 7.23. The predicted octanol–water partition coefficient (Wildman–Crippen LogP) is 3.89. The van der Waals surface area contributed by atoms with E-state index in [1.54, 1.807) is 18.3 Å². The fraction of sp³-hybridized carbons (Fsp3) is 0.440. The van der Waals surface area contributed by atoms with E-state index in [0.717, 1.165) is 21.9 Å². The molecule has 0 aliphatic carbocycles. The maximum atomic E-state index is 12.6. The Morgan fingerprint density at radius 3 is 2.45 bits per heavy atom. The molecule has 3 heterocycles. The first-order chi connectivity index (χ1) is 16.0. The van der Waals surface area contributed by atoms with Gasteiger partial charge in [-0.2, -0.15) is 0 Å². The van der Waals surface area contributed by atoms with Gasteiger partial charge in [0.1, 0.15) is 16.5 Å². The topological polar surface area (TPSA) is 75.6 Å².